The topological polar surface area (TPSA) is 68.1 Å². The summed E-state index contributed by atoms with van der Waals surface area (Å²) in [6.07, 6.45) is 3.93. The molecule has 34 heavy (non-hydrogen) atoms. The number of amidine groups is 1. The van der Waals surface area contributed by atoms with E-state index in [0.717, 1.165) is 57.4 Å². The number of benzene rings is 3. The molecule has 4 rings (SSSR count). The molecule has 1 aromatic heterocycles. The molecule has 1 N–H and O–H groups in total. The molecule has 3 aromatic carbocycles. The third-order valence-electron chi connectivity index (χ3n) is 4.92. The van der Waals surface area contributed by atoms with Gasteiger partial charge in [0.15, 0.2) is 10.8 Å². The Morgan fingerprint density at radius 1 is 0.941 bits per heavy atom. The Morgan fingerprint density at radius 3 is 2.41 bits per heavy atom. The van der Waals surface area contributed by atoms with Crippen LogP contribution in [0.5, 0.6) is 11.5 Å². The van der Waals surface area contributed by atoms with Gasteiger partial charge in [-0.1, -0.05) is 25.5 Å². The molecule has 0 bridgehead atoms. The zero-order valence-electron chi connectivity index (χ0n) is 19.4. The number of rotatable bonds is 10. The molecule has 0 unspecified atom stereocenters. The fraction of sp³-hybridized carbons (Fsp3) is 0.222. The van der Waals surface area contributed by atoms with Gasteiger partial charge < -0.3 is 9.47 Å². The molecule has 0 amide bonds. The molecule has 0 aliphatic rings. The van der Waals surface area contributed by atoms with Crippen LogP contribution in [0.15, 0.2) is 82.9 Å². The number of para-hydroxylation sites is 1. The van der Waals surface area contributed by atoms with E-state index in [1.165, 1.54) is 0 Å². The van der Waals surface area contributed by atoms with E-state index in [1.54, 1.807) is 17.6 Å². The number of nitrogens with one attached hydrogen (secondary N) is 1. The van der Waals surface area contributed by atoms with E-state index in [4.69, 9.17) is 19.5 Å². The van der Waals surface area contributed by atoms with Crippen molar-refractivity contribution in [2.75, 3.05) is 13.2 Å². The molecule has 4 aromatic rings. The molecule has 0 saturated heterocycles. The van der Waals surface area contributed by atoms with Crippen molar-refractivity contribution in [2.24, 2.45) is 10.1 Å². The summed E-state index contributed by atoms with van der Waals surface area (Å²) < 4.78 is 12.4. The van der Waals surface area contributed by atoms with E-state index in [0.29, 0.717) is 12.4 Å². The van der Waals surface area contributed by atoms with Gasteiger partial charge in [-0.25, -0.2) is 9.98 Å². The largest absolute Gasteiger partial charge is 0.494 e. The molecule has 0 spiro atoms. The number of hydrogen-bond donors (Lipinski definition) is 1. The highest BCUT2D eigenvalue weighted by molar-refractivity contribution is 7.20. The van der Waals surface area contributed by atoms with Crippen molar-refractivity contribution in [2.45, 2.75) is 26.7 Å². The number of thiazole rings is 1. The molecule has 174 valence electrons. The Bertz CT molecular complexity index is 1210. The molecule has 0 atom stereocenters. The third-order valence-corrected chi connectivity index (χ3v) is 5.96. The number of ether oxygens (including phenoxy) is 2. The van der Waals surface area contributed by atoms with Crippen molar-refractivity contribution in [3.63, 3.8) is 0 Å². The second-order valence-electron chi connectivity index (χ2n) is 7.52. The predicted octanol–water partition coefficient (Wildman–Crippen LogP) is 6.58. The highest BCUT2D eigenvalue weighted by Gasteiger charge is 2.10. The van der Waals surface area contributed by atoms with Crippen LogP contribution in [-0.4, -0.2) is 30.2 Å². The molecule has 6 nitrogen and oxygen atoms in total. The van der Waals surface area contributed by atoms with Crippen LogP contribution >= 0.6 is 11.3 Å². The minimum Gasteiger partial charge on any atom is -0.494 e. The van der Waals surface area contributed by atoms with Crippen molar-refractivity contribution in [3.8, 4) is 11.5 Å². The monoisotopic (exact) mass is 472 g/mol. The van der Waals surface area contributed by atoms with Gasteiger partial charge in [-0.15, -0.1) is 11.3 Å². The van der Waals surface area contributed by atoms with E-state index in [1.807, 2.05) is 73.7 Å². The summed E-state index contributed by atoms with van der Waals surface area (Å²) in [5.74, 6) is 2.27. The average molecular weight is 473 g/mol. The molecule has 0 fully saturated rings. The maximum Gasteiger partial charge on any atom is 0.183 e. The molecule has 0 aliphatic heterocycles. The minimum atomic E-state index is 0.584. The fourth-order valence-electron chi connectivity index (χ4n) is 3.16. The fourth-order valence-corrected chi connectivity index (χ4v) is 4.06. The van der Waals surface area contributed by atoms with Crippen molar-refractivity contribution < 1.29 is 9.47 Å². The average Bonchev–Trinajstić information content (AvgIpc) is 3.30. The minimum absolute atomic E-state index is 0.584. The van der Waals surface area contributed by atoms with Gasteiger partial charge in [0.1, 0.15) is 11.5 Å². The van der Waals surface area contributed by atoms with Gasteiger partial charge in [0.2, 0.25) is 0 Å². The van der Waals surface area contributed by atoms with Crippen molar-refractivity contribution in [1.29, 1.82) is 0 Å². The Balaban J connectivity index is 1.53. The second-order valence-corrected chi connectivity index (χ2v) is 8.55. The number of hydrogen-bond acceptors (Lipinski definition) is 6. The van der Waals surface area contributed by atoms with E-state index >= 15 is 0 Å². The van der Waals surface area contributed by atoms with E-state index in [2.05, 4.69) is 23.5 Å². The highest BCUT2D eigenvalue weighted by atomic mass is 32.1. The summed E-state index contributed by atoms with van der Waals surface area (Å²) in [7, 11) is 0. The first-order valence-corrected chi connectivity index (χ1v) is 12.3. The molecule has 0 aliphatic carbocycles. The Kier molecular flexibility index (Phi) is 8.24. The third kappa shape index (κ3) is 6.42. The summed E-state index contributed by atoms with van der Waals surface area (Å²) in [5, 5.41) is 5.20. The predicted molar refractivity (Wildman–Crippen MR) is 141 cm³/mol. The van der Waals surface area contributed by atoms with Gasteiger partial charge in [-0.3, -0.25) is 5.43 Å². The first-order chi connectivity index (χ1) is 16.7. The van der Waals surface area contributed by atoms with E-state index in [-0.39, 0.29) is 0 Å². The quantitative estimate of drug-likeness (QED) is 0.123. The molecule has 1 heterocycles. The lowest BCUT2D eigenvalue weighted by Gasteiger charge is -2.06. The SMILES string of the molecule is CCCCOc1ccc(/C=N/NC(=Nc2ccc(OCC)cc2)c2nc3ccccc3s2)cc1. The lowest BCUT2D eigenvalue weighted by molar-refractivity contribution is 0.309. The Hall–Kier alpha value is -3.71. The summed E-state index contributed by atoms with van der Waals surface area (Å²) in [6, 6.07) is 23.6. The van der Waals surface area contributed by atoms with Crippen LogP contribution in [0.1, 0.15) is 37.3 Å². The second kappa shape index (κ2) is 12.0. The maximum absolute atomic E-state index is 5.73. The smallest absolute Gasteiger partial charge is 0.183 e. The number of unbranched alkanes of at least 4 members (excludes halogenated alkanes) is 1. The van der Waals surface area contributed by atoms with Crippen molar-refractivity contribution in [1.82, 2.24) is 10.4 Å². The number of aromatic nitrogens is 1. The molecular weight excluding hydrogens is 444 g/mol. The molecule has 7 heteroatoms. The van der Waals surface area contributed by atoms with Crippen LogP contribution < -0.4 is 14.9 Å². The number of aliphatic imine (C=N–C) groups is 1. The van der Waals surface area contributed by atoms with Crippen molar-refractivity contribution >= 4 is 39.3 Å². The van der Waals surface area contributed by atoms with Gasteiger partial charge in [-0.2, -0.15) is 5.10 Å². The molecule has 0 saturated carbocycles. The van der Waals surface area contributed by atoms with Crippen LogP contribution in [0.3, 0.4) is 0 Å². The first-order valence-electron chi connectivity index (χ1n) is 11.4. The van der Waals surface area contributed by atoms with Gasteiger partial charge >= 0.3 is 0 Å². The lowest BCUT2D eigenvalue weighted by atomic mass is 10.2. The van der Waals surface area contributed by atoms with E-state index in [9.17, 15) is 0 Å². The van der Waals surface area contributed by atoms with Gasteiger partial charge in [0.05, 0.1) is 35.3 Å². The first kappa shape index (κ1) is 23.4. The van der Waals surface area contributed by atoms with Crippen LogP contribution in [-0.2, 0) is 0 Å². The standard InChI is InChI=1S/C27H28N4O2S/c1-3-5-18-33-23-14-10-20(11-15-23)19-28-31-26(27-30-24-8-6-7-9-25(24)34-27)29-21-12-16-22(17-13-21)32-4-2/h6-17,19H,3-5,18H2,1-2H3,(H,29,31)/b28-19+. The van der Waals surface area contributed by atoms with Gasteiger partial charge in [0.25, 0.3) is 0 Å². The summed E-state index contributed by atoms with van der Waals surface area (Å²) in [4.78, 5) is 9.52. The molecule has 0 radical (unpaired) electrons. The Labute approximate surface area is 204 Å². The van der Waals surface area contributed by atoms with Crippen LogP contribution in [0, 0.1) is 0 Å². The number of nitrogens with zero attached hydrogens (tertiary/aromatic N) is 3. The maximum atomic E-state index is 5.73. The van der Waals surface area contributed by atoms with Gasteiger partial charge in [0, 0.05) is 0 Å². The lowest BCUT2D eigenvalue weighted by Crippen LogP contribution is -2.18. The van der Waals surface area contributed by atoms with Gasteiger partial charge in [-0.05, 0) is 79.6 Å². The Morgan fingerprint density at radius 2 is 1.68 bits per heavy atom. The number of fused-ring (bicyclic) bond motifs is 1. The zero-order chi connectivity index (χ0) is 23.6. The van der Waals surface area contributed by atoms with Crippen molar-refractivity contribution in [3.05, 3.63) is 83.4 Å². The highest BCUT2D eigenvalue weighted by Crippen LogP contribution is 2.24. The van der Waals surface area contributed by atoms with Crippen LogP contribution in [0.25, 0.3) is 10.2 Å². The molecular formula is C27H28N4O2S. The summed E-state index contributed by atoms with van der Waals surface area (Å²) >= 11 is 1.57. The summed E-state index contributed by atoms with van der Waals surface area (Å²) in [5.41, 5.74) is 5.78. The van der Waals surface area contributed by atoms with E-state index < -0.39 is 0 Å². The summed E-state index contributed by atoms with van der Waals surface area (Å²) in [6.45, 7) is 5.48. The number of hydrazone groups is 1. The van der Waals surface area contributed by atoms with Crippen LogP contribution in [0.2, 0.25) is 0 Å². The zero-order valence-corrected chi connectivity index (χ0v) is 20.2. The normalized spacial score (nSPS) is 11.8. The van der Waals surface area contributed by atoms with Crippen LogP contribution in [0.4, 0.5) is 5.69 Å².